The maximum atomic E-state index is 13.6. The van der Waals surface area contributed by atoms with Gasteiger partial charge in [0.25, 0.3) is 0 Å². The zero-order valence-electron chi connectivity index (χ0n) is 24.5. The number of carboxylic acid groups (broad SMARTS) is 1. The summed E-state index contributed by atoms with van der Waals surface area (Å²) in [4.78, 5) is 30.4. The van der Waals surface area contributed by atoms with E-state index >= 15 is 0 Å². The quantitative estimate of drug-likeness (QED) is 0.333. The number of carbonyl (C=O) groups excluding carboxylic acids is 1. The molecule has 2 aliphatic rings. The van der Waals surface area contributed by atoms with Crippen molar-refractivity contribution in [3.63, 3.8) is 0 Å². The van der Waals surface area contributed by atoms with E-state index in [9.17, 15) is 14.7 Å². The predicted molar refractivity (Wildman–Crippen MR) is 153 cm³/mol. The number of carboxylic acids is 1. The van der Waals surface area contributed by atoms with E-state index in [1.165, 1.54) is 0 Å². The van der Waals surface area contributed by atoms with E-state index in [0.29, 0.717) is 48.4 Å². The molecule has 2 aromatic carbocycles. The van der Waals surface area contributed by atoms with Crippen molar-refractivity contribution in [2.24, 2.45) is 5.92 Å². The number of unbranched alkanes of at least 4 members (excludes halogenated alkanes) is 2. The molecule has 10 heteroatoms. The van der Waals surface area contributed by atoms with E-state index in [-0.39, 0.29) is 25.9 Å². The van der Waals surface area contributed by atoms with Crippen molar-refractivity contribution >= 4 is 11.9 Å². The molecule has 1 amide bonds. The zero-order chi connectivity index (χ0) is 29.4. The molecule has 1 N–H and O–H groups in total. The van der Waals surface area contributed by atoms with Gasteiger partial charge >= 0.3 is 5.97 Å². The van der Waals surface area contributed by atoms with Gasteiger partial charge in [-0.3, -0.25) is 14.5 Å². The molecule has 0 bridgehead atoms. The molecule has 0 aromatic heterocycles. The Labute approximate surface area is 242 Å². The number of benzene rings is 2. The van der Waals surface area contributed by atoms with Crippen LogP contribution in [0.25, 0.3) is 0 Å². The molecule has 3 atom stereocenters. The summed E-state index contributed by atoms with van der Waals surface area (Å²) < 4.78 is 28.3. The molecule has 0 aliphatic carbocycles. The molecule has 4 rings (SSSR count). The molecular formula is C31H42N2O8. The normalized spacial score (nSPS) is 19.7. The van der Waals surface area contributed by atoms with Crippen molar-refractivity contribution in [1.29, 1.82) is 0 Å². The number of aliphatic carboxylic acids is 1. The molecule has 0 unspecified atom stereocenters. The lowest BCUT2D eigenvalue weighted by Crippen LogP contribution is -2.46. The highest BCUT2D eigenvalue weighted by molar-refractivity contribution is 5.79. The molecule has 2 aliphatic heterocycles. The van der Waals surface area contributed by atoms with Crippen LogP contribution in [0.2, 0.25) is 0 Å². The highest BCUT2D eigenvalue weighted by Gasteiger charge is 2.48. The van der Waals surface area contributed by atoms with Crippen molar-refractivity contribution in [3.05, 3.63) is 42.0 Å². The van der Waals surface area contributed by atoms with Crippen LogP contribution in [-0.4, -0.2) is 86.6 Å². The lowest BCUT2D eigenvalue weighted by molar-refractivity contribution is -0.144. The summed E-state index contributed by atoms with van der Waals surface area (Å²) in [5.74, 6) is 0.356. The first-order valence-electron chi connectivity index (χ1n) is 14.4. The molecule has 0 spiro atoms. The number of amides is 1. The van der Waals surface area contributed by atoms with Gasteiger partial charge in [0.05, 0.1) is 32.7 Å². The Balaban J connectivity index is 1.66. The molecule has 10 nitrogen and oxygen atoms in total. The van der Waals surface area contributed by atoms with Crippen LogP contribution < -0.4 is 23.7 Å². The first-order valence-corrected chi connectivity index (χ1v) is 14.4. The third kappa shape index (κ3) is 6.98. The predicted octanol–water partition coefficient (Wildman–Crippen LogP) is 4.41. The molecule has 2 aromatic rings. The van der Waals surface area contributed by atoms with Gasteiger partial charge in [0, 0.05) is 25.6 Å². The first-order chi connectivity index (χ1) is 19.9. The van der Waals surface area contributed by atoms with Crippen molar-refractivity contribution in [2.75, 3.05) is 53.8 Å². The van der Waals surface area contributed by atoms with Crippen LogP contribution >= 0.6 is 0 Å². The Morgan fingerprint density at radius 3 is 2.32 bits per heavy atom. The van der Waals surface area contributed by atoms with E-state index in [1.54, 1.807) is 26.4 Å². The van der Waals surface area contributed by atoms with E-state index in [0.717, 1.165) is 31.2 Å². The summed E-state index contributed by atoms with van der Waals surface area (Å²) in [6.45, 7) is 6.21. The Morgan fingerprint density at radius 2 is 1.68 bits per heavy atom. The van der Waals surface area contributed by atoms with Crippen molar-refractivity contribution in [1.82, 2.24) is 9.80 Å². The number of para-hydroxylation sites is 2. The highest BCUT2D eigenvalue weighted by atomic mass is 16.7. The third-order valence-electron chi connectivity index (χ3n) is 7.88. The van der Waals surface area contributed by atoms with Gasteiger partial charge in [0.1, 0.15) is 6.61 Å². The van der Waals surface area contributed by atoms with E-state index in [1.807, 2.05) is 34.1 Å². The number of likely N-dealkylation sites (tertiary alicyclic amines) is 1. The minimum absolute atomic E-state index is 0.00208. The second-order valence-electron chi connectivity index (χ2n) is 10.5. The summed E-state index contributed by atoms with van der Waals surface area (Å²) in [5.41, 5.74) is 0.754. The fraction of sp³-hybridized carbons (Fsp3) is 0.548. The summed E-state index contributed by atoms with van der Waals surface area (Å²) in [7, 11) is 3.10. The first kappa shape index (κ1) is 30.3. The summed E-state index contributed by atoms with van der Waals surface area (Å²) in [5, 5.41) is 10.5. The smallest absolute Gasteiger partial charge is 0.308 e. The number of methoxy groups -OCH3 is 2. The van der Waals surface area contributed by atoms with Crippen LogP contribution in [0.5, 0.6) is 28.7 Å². The number of hydrogen-bond donors (Lipinski definition) is 1. The minimum Gasteiger partial charge on any atom is -0.493 e. The summed E-state index contributed by atoms with van der Waals surface area (Å²) >= 11 is 0. The molecule has 224 valence electrons. The molecule has 41 heavy (non-hydrogen) atoms. The molecule has 1 saturated heterocycles. The lowest BCUT2D eigenvalue weighted by Gasteiger charge is -2.29. The van der Waals surface area contributed by atoms with Crippen LogP contribution in [0.1, 0.15) is 51.0 Å². The van der Waals surface area contributed by atoms with Gasteiger partial charge < -0.3 is 33.7 Å². The average Bonchev–Trinajstić information content (AvgIpc) is 3.60. The topological polar surface area (TPSA) is 107 Å². The second-order valence-corrected chi connectivity index (χ2v) is 10.5. The van der Waals surface area contributed by atoms with Crippen LogP contribution in [0.4, 0.5) is 0 Å². The van der Waals surface area contributed by atoms with Gasteiger partial charge in [-0.05, 0) is 42.7 Å². The summed E-state index contributed by atoms with van der Waals surface area (Å²) in [6, 6.07) is 10.3. The standard InChI is InChI=1S/C31H42N2O8/c1-5-7-13-32(14-8-6-2)28(34)18-33-17-22(21-15-26(38-4)30-27(16-21)40-20-41-30)29(31(35)36)23(33)19-39-25-12-10-9-11-24(25)37-3/h9-12,15-16,22-23,29H,5-8,13-14,17-20H2,1-4H3,(H,35,36)/t22-,23-,29+/m1/s1. The Hall–Kier alpha value is -3.66. The zero-order valence-corrected chi connectivity index (χ0v) is 24.5. The minimum atomic E-state index is -0.955. The SMILES string of the molecule is CCCCN(CCCC)C(=O)CN1C[C@H](c2cc(OC)c3c(c2)OCO3)[C@H](C(=O)O)[C@H]1COc1ccccc1OC. The van der Waals surface area contributed by atoms with Crippen molar-refractivity contribution < 1.29 is 38.4 Å². The maximum absolute atomic E-state index is 13.6. The molecule has 2 heterocycles. The number of ether oxygens (including phenoxy) is 5. The number of carbonyl (C=O) groups is 2. The molecular weight excluding hydrogens is 528 g/mol. The lowest BCUT2D eigenvalue weighted by atomic mass is 9.85. The van der Waals surface area contributed by atoms with Gasteiger partial charge in [-0.15, -0.1) is 0 Å². The maximum Gasteiger partial charge on any atom is 0.308 e. The van der Waals surface area contributed by atoms with Crippen LogP contribution in [0.3, 0.4) is 0 Å². The fourth-order valence-corrected chi connectivity index (χ4v) is 5.65. The molecule has 1 fully saturated rings. The Morgan fingerprint density at radius 1 is 1.00 bits per heavy atom. The average molecular weight is 571 g/mol. The van der Waals surface area contributed by atoms with Gasteiger partial charge in [0.2, 0.25) is 18.4 Å². The van der Waals surface area contributed by atoms with Crippen molar-refractivity contribution in [3.8, 4) is 28.7 Å². The number of hydrogen-bond acceptors (Lipinski definition) is 8. The van der Waals surface area contributed by atoms with E-state index < -0.39 is 23.8 Å². The fourth-order valence-electron chi connectivity index (χ4n) is 5.65. The van der Waals surface area contributed by atoms with Crippen molar-refractivity contribution in [2.45, 2.75) is 51.5 Å². The van der Waals surface area contributed by atoms with Crippen LogP contribution in [0.15, 0.2) is 36.4 Å². The van der Waals surface area contributed by atoms with Gasteiger partial charge in [0.15, 0.2) is 23.0 Å². The number of nitrogens with zero attached hydrogens (tertiary/aromatic N) is 2. The Kier molecular flexibility index (Phi) is 10.6. The number of rotatable bonds is 15. The van der Waals surface area contributed by atoms with E-state index in [4.69, 9.17) is 23.7 Å². The van der Waals surface area contributed by atoms with Gasteiger partial charge in [-0.2, -0.15) is 0 Å². The summed E-state index contributed by atoms with van der Waals surface area (Å²) in [6.07, 6.45) is 3.83. The largest absolute Gasteiger partial charge is 0.493 e. The van der Waals surface area contributed by atoms with Crippen LogP contribution in [0, 0.1) is 5.92 Å². The second kappa shape index (κ2) is 14.3. The van der Waals surface area contributed by atoms with Gasteiger partial charge in [-0.1, -0.05) is 38.8 Å². The number of fused-ring (bicyclic) bond motifs is 1. The van der Waals surface area contributed by atoms with Crippen LogP contribution in [-0.2, 0) is 9.59 Å². The Bertz CT molecular complexity index is 1180. The van der Waals surface area contributed by atoms with E-state index in [2.05, 4.69) is 13.8 Å². The third-order valence-corrected chi connectivity index (χ3v) is 7.88. The monoisotopic (exact) mass is 570 g/mol. The molecule has 0 saturated carbocycles. The highest BCUT2D eigenvalue weighted by Crippen LogP contribution is 2.47. The molecule has 0 radical (unpaired) electrons. The van der Waals surface area contributed by atoms with Gasteiger partial charge in [-0.25, -0.2) is 0 Å².